The standard InChI is InChI=1S/C14H20ClN3O3/c1-16(2)7-8-17(3)14(21)18(10-13(19)20)12-6-4-5-11(15)9-12/h4-6,9H,7-8,10H2,1-3H3,(H,19,20). The molecule has 1 N–H and O–H groups in total. The first-order chi connectivity index (χ1) is 9.81. The van der Waals surface area contributed by atoms with Crippen LogP contribution in [-0.4, -0.2) is 67.7 Å². The second-order valence-corrected chi connectivity index (χ2v) is 5.40. The number of carbonyl (C=O) groups is 2. The molecule has 1 rings (SSSR count). The summed E-state index contributed by atoms with van der Waals surface area (Å²) in [6.07, 6.45) is 0. The van der Waals surface area contributed by atoms with Crippen molar-refractivity contribution < 1.29 is 14.7 Å². The Morgan fingerprint density at radius 2 is 1.86 bits per heavy atom. The van der Waals surface area contributed by atoms with Crippen LogP contribution >= 0.6 is 11.6 Å². The molecule has 116 valence electrons. The number of carboxylic acids is 1. The number of amides is 2. The number of halogens is 1. The molecule has 0 bridgehead atoms. The van der Waals surface area contributed by atoms with Crippen molar-refractivity contribution in [1.82, 2.24) is 9.80 Å². The number of urea groups is 1. The molecule has 2 amide bonds. The largest absolute Gasteiger partial charge is 0.480 e. The number of nitrogens with zero attached hydrogens (tertiary/aromatic N) is 3. The number of carbonyl (C=O) groups excluding carboxylic acids is 1. The lowest BCUT2D eigenvalue weighted by Gasteiger charge is -2.28. The second-order valence-electron chi connectivity index (χ2n) is 4.97. The van der Waals surface area contributed by atoms with Crippen LogP contribution in [0.4, 0.5) is 10.5 Å². The Labute approximate surface area is 129 Å². The number of aliphatic carboxylic acids is 1. The maximum Gasteiger partial charge on any atom is 0.324 e. The summed E-state index contributed by atoms with van der Waals surface area (Å²) in [5.74, 6) is -1.08. The smallest absolute Gasteiger partial charge is 0.324 e. The van der Waals surface area contributed by atoms with Crippen LogP contribution in [0.15, 0.2) is 24.3 Å². The second kappa shape index (κ2) is 7.85. The minimum Gasteiger partial charge on any atom is -0.480 e. The summed E-state index contributed by atoms with van der Waals surface area (Å²) >= 11 is 5.91. The molecule has 0 unspecified atom stereocenters. The van der Waals surface area contributed by atoms with E-state index in [1.54, 1.807) is 31.3 Å². The van der Waals surface area contributed by atoms with Gasteiger partial charge in [0.1, 0.15) is 6.54 Å². The van der Waals surface area contributed by atoms with E-state index in [4.69, 9.17) is 16.7 Å². The van der Waals surface area contributed by atoms with Gasteiger partial charge in [0.05, 0.1) is 0 Å². The average Bonchev–Trinajstić information content (AvgIpc) is 2.41. The van der Waals surface area contributed by atoms with Gasteiger partial charge in [-0.2, -0.15) is 0 Å². The highest BCUT2D eigenvalue weighted by atomic mass is 35.5. The zero-order chi connectivity index (χ0) is 16.0. The number of likely N-dealkylation sites (N-methyl/N-ethyl adjacent to an activating group) is 2. The molecular weight excluding hydrogens is 294 g/mol. The molecule has 0 aromatic heterocycles. The predicted octanol–water partition coefficient (Wildman–Crippen LogP) is 1.84. The highest BCUT2D eigenvalue weighted by Gasteiger charge is 2.22. The first-order valence-electron chi connectivity index (χ1n) is 6.46. The van der Waals surface area contributed by atoms with Gasteiger partial charge in [-0.15, -0.1) is 0 Å². The van der Waals surface area contributed by atoms with Crippen LogP contribution in [0.3, 0.4) is 0 Å². The topological polar surface area (TPSA) is 64.1 Å². The number of hydrogen-bond donors (Lipinski definition) is 1. The summed E-state index contributed by atoms with van der Waals surface area (Å²) < 4.78 is 0. The molecular formula is C14H20ClN3O3. The summed E-state index contributed by atoms with van der Waals surface area (Å²) in [4.78, 5) is 28.1. The van der Waals surface area contributed by atoms with Gasteiger partial charge in [-0.25, -0.2) is 4.79 Å². The van der Waals surface area contributed by atoms with Gasteiger partial charge in [-0.1, -0.05) is 17.7 Å². The molecule has 0 saturated heterocycles. The Balaban J connectivity index is 2.91. The molecule has 0 aliphatic heterocycles. The summed E-state index contributed by atoms with van der Waals surface area (Å²) in [7, 11) is 5.46. The van der Waals surface area contributed by atoms with E-state index in [1.807, 2.05) is 19.0 Å². The van der Waals surface area contributed by atoms with E-state index in [0.717, 1.165) is 0 Å². The van der Waals surface area contributed by atoms with Crippen LogP contribution in [0.2, 0.25) is 5.02 Å². The molecule has 0 aliphatic rings. The molecule has 6 nitrogen and oxygen atoms in total. The molecule has 0 heterocycles. The zero-order valence-corrected chi connectivity index (χ0v) is 13.2. The Kier molecular flexibility index (Phi) is 6.45. The van der Waals surface area contributed by atoms with E-state index >= 15 is 0 Å². The Hall–Kier alpha value is -1.79. The summed E-state index contributed by atoms with van der Waals surface area (Å²) in [6.45, 7) is 0.784. The van der Waals surface area contributed by atoms with Gasteiger partial charge in [-0.05, 0) is 32.3 Å². The van der Waals surface area contributed by atoms with Crippen molar-refractivity contribution in [2.45, 2.75) is 0 Å². The average molecular weight is 314 g/mol. The van der Waals surface area contributed by atoms with Crippen LogP contribution in [0.5, 0.6) is 0 Å². The Morgan fingerprint density at radius 1 is 1.19 bits per heavy atom. The molecule has 0 aliphatic carbocycles. The first kappa shape index (κ1) is 17.3. The third-order valence-electron chi connectivity index (χ3n) is 2.85. The molecule has 0 radical (unpaired) electrons. The molecule has 0 atom stereocenters. The monoisotopic (exact) mass is 313 g/mol. The van der Waals surface area contributed by atoms with Crippen molar-refractivity contribution in [3.8, 4) is 0 Å². The van der Waals surface area contributed by atoms with Crippen molar-refractivity contribution in [2.24, 2.45) is 0 Å². The van der Waals surface area contributed by atoms with Gasteiger partial charge in [0.25, 0.3) is 0 Å². The van der Waals surface area contributed by atoms with Gasteiger partial charge >= 0.3 is 12.0 Å². The highest BCUT2D eigenvalue weighted by molar-refractivity contribution is 6.30. The lowest BCUT2D eigenvalue weighted by molar-refractivity contribution is -0.135. The molecule has 1 aromatic carbocycles. The first-order valence-corrected chi connectivity index (χ1v) is 6.83. The highest BCUT2D eigenvalue weighted by Crippen LogP contribution is 2.20. The molecule has 1 aromatic rings. The maximum absolute atomic E-state index is 12.4. The summed E-state index contributed by atoms with van der Waals surface area (Å²) in [6, 6.07) is 6.21. The minimum absolute atomic E-state index is 0.374. The fourth-order valence-electron chi connectivity index (χ4n) is 1.70. The van der Waals surface area contributed by atoms with Gasteiger partial charge in [0.2, 0.25) is 0 Å². The normalized spacial score (nSPS) is 10.5. The number of benzene rings is 1. The SMILES string of the molecule is CN(C)CCN(C)C(=O)N(CC(=O)O)c1cccc(Cl)c1. The fourth-order valence-corrected chi connectivity index (χ4v) is 1.88. The Morgan fingerprint density at radius 3 is 2.38 bits per heavy atom. The number of hydrogen-bond acceptors (Lipinski definition) is 3. The number of anilines is 1. The van der Waals surface area contributed by atoms with Crippen molar-refractivity contribution in [1.29, 1.82) is 0 Å². The van der Waals surface area contributed by atoms with Crippen LogP contribution in [-0.2, 0) is 4.79 Å². The minimum atomic E-state index is -1.08. The van der Waals surface area contributed by atoms with Crippen molar-refractivity contribution in [3.63, 3.8) is 0 Å². The molecule has 7 heteroatoms. The summed E-state index contributed by atoms with van der Waals surface area (Å²) in [5.41, 5.74) is 0.464. The predicted molar refractivity (Wildman–Crippen MR) is 83.0 cm³/mol. The fraction of sp³-hybridized carbons (Fsp3) is 0.429. The van der Waals surface area contributed by atoms with Gasteiger partial charge < -0.3 is 14.9 Å². The van der Waals surface area contributed by atoms with E-state index in [2.05, 4.69) is 0 Å². The van der Waals surface area contributed by atoms with E-state index in [1.165, 1.54) is 9.80 Å². The Bertz CT molecular complexity index is 508. The van der Waals surface area contributed by atoms with Gasteiger partial charge in [0.15, 0.2) is 0 Å². The van der Waals surface area contributed by atoms with Crippen LogP contribution in [0.25, 0.3) is 0 Å². The molecule has 0 fully saturated rings. The van der Waals surface area contributed by atoms with Gasteiger partial charge in [0, 0.05) is 30.8 Å². The molecule has 0 spiro atoms. The molecule has 21 heavy (non-hydrogen) atoms. The lowest BCUT2D eigenvalue weighted by Crippen LogP contribution is -2.45. The number of rotatable bonds is 6. The van der Waals surface area contributed by atoms with Gasteiger partial charge in [-0.3, -0.25) is 9.69 Å². The zero-order valence-electron chi connectivity index (χ0n) is 12.4. The third-order valence-corrected chi connectivity index (χ3v) is 3.09. The van der Waals surface area contributed by atoms with Crippen LogP contribution < -0.4 is 4.90 Å². The van der Waals surface area contributed by atoms with Crippen molar-refractivity contribution in [3.05, 3.63) is 29.3 Å². The number of carboxylic acid groups (broad SMARTS) is 1. The van der Waals surface area contributed by atoms with Crippen molar-refractivity contribution >= 4 is 29.3 Å². The van der Waals surface area contributed by atoms with E-state index in [-0.39, 0.29) is 6.03 Å². The third kappa shape index (κ3) is 5.61. The van der Waals surface area contributed by atoms with E-state index < -0.39 is 12.5 Å². The lowest BCUT2D eigenvalue weighted by atomic mass is 10.3. The summed E-state index contributed by atoms with van der Waals surface area (Å²) in [5, 5.41) is 9.46. The quantitative estimate of drug-likeness (QED) is 0.870. The maximum atomic E-state index is 12.4. The van der Waals surface area contributed by atoms with Crippen molar-refractivity contribution in [2.75, 3.05) is 45.7 Å². The van der Waals surface area contributed by atoms with E-state index in [9.17, 15) is 9.59 Å². The molecule has 0 saturated carbocycles. The van der Waals surface area contributed by atoms with Crippen LogP contribution in [0, 0.1) is 0 Å². The van der Waals surface area contributed by atoms with Crippen LogP contribution in [0.1, 0.15) is 0 Å². The van der Waals surface area contributed by atoms with E-state index in [0.29, 0.717) is 23.8 Å².